The third-order valence-electron chi connectivity index (χ3n) is 4.26. The summed E-state index contributed by atoms with van der Waals surface area (Å²) in [7, 11) is 0. The van der Waals surface area contributed by atoms with Crippen LogP contribution < -0.4 is 4.90 Å². The zero-order valence-electron chi connectivity index (χ0n) is 14.6. The summed E-state index contributed by atoms with van der Waals surface area (Å²) >= 11 is 1.72. The molecule has 0 bridgehead atoms. The number of rotatable bonds is 8. The van der Waals surface area contributed by atoms with Gasteiger partial charge >= 0.3 is 0 Å². The lowest BCUT2D eigenvalue weighted by Gasteiger charge is -2.21. The number of hydrogen-bond donors (Lipinski definition) is 1. The molecule has 1 aromatic rings. The van der Waals surface area contributed by atoms with Crippen molar-refractivity contribution < 1.29 is 9.90 Å². The number of Topliss-reactive ketones (excluding diaryl/α,β-unsaturated/α-hetero) is 1. The molecule has 0 aromatic heterocycles. The minimum absolute atomic E-state index is 0. The number of carbonyl (C=O) groups excluding carboxylic acids is 1. The maximum absolute atomic E-state index is 12.5. The molecule has 0 saturated heterocycles. The van der Waals surface area contributed by atoms with Gasteiger partial charge in [-0.3, -0.25) is 4.79 Å². The van der Waals surface area contributed by atoms with E-state index in [4.69, 9.17) is 5.11 Å². The molecule has 0 aliphatic carbocycles. The number of hydrogen-bond acceptors (Lipinski definition) is 5. The molecule has 4 nitrogen and oxygen atoms in total. The maximum atomic E-state index is 12.5. The number of halogens is 1. The molecule has 0 unspecified atom stereocenters. The van der Waals surface area contributed by atoms with E-state index >= 15 is 0 Å². The molecular formula is C18H27BrN2O2S. The van der Waals surface area contributed by atoms with Crippen LogP contribution in [0, 0.1) is 0 Å². The molecule has 2 rings (SSSR count). The first-order chi connectivity index (χ1) is 11.1. The van der Waals surface area contributed by atoms with Crippen molar-refractivity contribution >= 4 is 40.2 Å². The number of aliphatic hydroxyl groups is 1. The van der Waals surface area contributed by atoms with Crippen molar-refractivity contribution in [2.75, 3.05) is 37.0 Å². The summed E-state index contributed by atoms with van der Waals surface area (Å²) in [6.07, 6.45) is 0.680. The molecule has 6 heteroatoms. The van der Waals surface area contributed by atoms with Gasteiger partial charge in [0.05, 0.1) is 12.4 Å². The van der Waals surface area contributed by atoms with Crippen LogP contribution in [0.3, 0.4) is 0 Å². The first-order valence-corrected chi connectivity index (χ1v) is 9.15. The third kappa shape index (κ3) is 5.01. The van der Waals surface area contributed by atoms with Crippen LogP contribution in [0.25, 0.3) is 0 Å². The van der Waals surface area contributed by atoms with Crippen LogP contribution in [0.4, 0.5) is 5.69 Å². The molecule has 1 aliphatic rings. The first kappa shape index (κ1) is 21.1. The Morgan fingerprint density at radius 2 is 1.88 bits per heavy atom. The highest BCUT2D eigenvalue weighted by molar-refractivity contribution is 8.93. The van der Waals surface area contributed by atoms with Crippen LogP contribution in [0.1, 0.15) is 37.6 Å². The number of anilines is 1. The minimum Gasteiger partial charge on any atom is -0.396 e. The summed E-state index contributed by atoms with van der Waals surface area (Å²) < 4.78 is 0. The maximum Gasteiger partial charge on any atom is 0.182 e. The second-order valence-electron chi connectivity index (χ2n) is 5.60. The number of thioether (sulfide) groups is 1. The Morgan fingerprint density at radius 3 is 2.42 bits per heavy atom. The Balaban J connectivity index is 0.00000288. The number of benzene rings is 1. The van der Waals surface area contributed by atoms with Crippen LogP contribution in [0.2, 0.25) is 0 Å². The van der Waals surface area contributed by atoms with E-state index in [1.54, 1.807) is 11.8 Å². The normalized spacial score (nSPS) is 13.9. The quantitative estimate of drug-likeness (QED) is 0.653. The number of allylic oxidation sites excluding steroid dienone is 1. The molecule has 0 saturated carbocycles. The SMILES string of the molecule is Br.CCN(CC)c1ccc(C(=O)CN2CSC(CCO)=C2C)cc1. The van der Waals surface area contributed by atoms with Crippen LogP contribution in [-0.4, -0.2) is 47.9 Å². The highest BCUT2D eigenvalue weighted by Gasteiger charge is 2.21. The van der Waals surface area contributed by atoms with E-state index in [0.29, 0.717) is 13.0 Å². The van der Waals surface area contributed by atoms with Gasteiger partial charge in [0.25, 0.3) is 0 Å². The van der Waals surface area contributed by atoms with Gasteiger partial charge in [0.2, 0.25) is 0 Å². The van der Waals surface area contributed by atoms with E-state index in [1.807, 2.05) is 31.2 Å². The van der Waals surface area contributed by atoms with Gasteiger partial charge in [-0.1, -0.05) is 0 Å². The zero-order chi connectivity index (χ0) is 16.8. The van der Waals surface area contributed by atoms with Crippen molar-refractivity contribution in [2.45, 2.75) is 27.2 Å². The van der Waals surface area contributed by atoms with Crippen molar-refractivity contribution in [2.24, 2.45) is 0 Å². The van der Waals surface area contributed by atoms with E-state index in [0.717, 1.165) is 35.9 Å². The lowest BCUT2D eigenvalue weighted by molar-refractivity contribution is 0.0958. The summed E-state index contributed by atoms with van der Waals surface area (Å²) in [5.41, 5.74) is 3.04. The highest BCUT2D eigenvalue weighted by atomic mass is 79.9. The van der Waals surface area contributed by atoms with E-state index in [1.165, 1.54) is 4.91 Å². The van der Waals surface area contributed by atoms with Gasteiger partial charge in [0, 0.05) is 48.0 Å². The van der Waals surface area contributed by atoms with E-state index in [9.17, 15) is 4.79 Å². The van der Waals surface area contributed by atoms with Crippen molar-refractivity contribution in [1.29, 1.82) is 0 Å². The molecule has 1 aliphatic heterocycles. The number of ketones is 1. The standard InChI is InChI=1S/C18H26N2O2S.BrH/c1-4-19(5-2)16-8-6-15(7-9-16)17(22)12-20-13-23-18(10-11-21)14(20)3;/h6-9,21H,4-5,10-13H2,1-3H3;1H. The van der Waals surface area contributed by atoms with Gasteiger partial charge in [-0.15, -0.1) is 28.7 Å². The topological polar surface area (TPSA) is 43.8 Å². The molecular weight excluding hydrogens is 388 g/mol. The van der Waals surface area contributed by atoms with Crippen LogP contribution >= 0.6 is 28.7 Å². The molecule has 0 spiro atoms. The molecule has 1 heterocycles. The molecule has 0 amide bonds. The zero-order valence-corrected chi connectivity index (χ0v) is 17.1. The van der Waals surface area contributed by atoms with E-state index in [-0.39, 0.29) is 29.4 Å². The average molecular weight is 415 g/mol. The van der Waals surface area contributed by atoms with E-state index in [2.05, 4.69) is 23.6 Å². The van der Waals surface area contributed by atoms with E-state index < -0.39 is 0 Å². The fourth-order valence-electron chi connectivity index (χ4n) is 2.76. The van der Waals surface area contributed by atoms with Crippen molar-refractivity contribution in [3.05, 3.63) is 40.4 Å². The fourth-order valence-corrected chi connectivity index (χ4v) is 3.93. The van der Waals surface area contributed by atoms with Gasteiger partial charge in [-0.2, -0.15) is 0 Å². The van der Waals surface area contributed by atoms with Gasteiger partial charge in [-0.05, 0) is 45.0 Å². The Kier molecular flexibility index (Phi) is 8.87. The Hall–Kier alpha value is -0.980. The predicted octanol–water partition coefficient (Wildman–Crippen LogP) is 3.91. The summed E-state index contributed by atoms with van der Waals surface area (Å²) in [5, 5.41) is 9.07. The minimum atomic E-state index is 0. The average Bonchev–Trinajstić information content (AvgIpc) is 2.90. The second-order valence-corrected chi connectivity index (χ2v) is 6.64. The first-order valence-electron chi connectivity index (χ1n) is 8.17. The van der Waals surface area contributed by atoms with Crippen LogP contribution in [-0.2, 0) is 0 Å². The van der Waals surface area contributed by atoms with Crippen LogP contribution in [0.15, 0.2) is 34.9 Å². The smallest absolute Gasteiger partial charge is 0.182 e. The highest BCUT2D eigenvalue weighted by Crippen LogP contribution is 2.33. The lowest BCUT2D eigenvalue weighted by atomic mass is 10.1. The van der Waals surface area contributed by atoms with Crippen molar-refractivity contribution in [1.82, 2.24) is 4.90 Å². The Bertz CT molecular complexity index is 571. The summed E-state index contributed by atoms with van der Waals surface area (Å²) in [6, 6.07) is 7.90. The summed E-state index contributed by atoms with van der Waals surface area (Å²) in [4.78, 5) is 18.0. The molecule has 24 heavy (non-hydrogen) atoms. The lowest BCUT2D eigenvalue weighted by Crippen LogP contribution is -2.26. The monoisotopic (exact) mass is 414 g/mol. The fraction of sp³-hybridized carbons (Fsp3) is 0.500. The predicted molar refractivity (Wildman–Crippen MR) is 108 cm³/mol. The second kappa shape index (κ2) is 10.1. The van der Waals surface area contributed by atoms with Gasteiger partial charge in [0.1, 0.15) is 0 Å². The van der Waals surface area contributed by atoms with Gasteiger partial charge in [0.15, 0.2) is 5.78 Å². The molecule has 1 aromatic carbocycles. The van der Waals surface area contributed by atoms with Crippen molar-refractivity contribution in [3.8, 4) is 0 Å². The molecule has 0 fully saturated rings. The van der Waals surface area contributed by atoms with Crippen molar-refractivity contribution in [3.63, 3.8) is 0 Å². The van der Waals surface area contributed by atoms with Gasteiger partial charge in [-0.25, -0.2) is 0 Å². The summed E-state index contributed by atoms with van der Waals surface area (Å²) in [6.45, 7) is 8.78. The van der Waals surface area contributed by atoms with Crippen LogP contribution in [0.5, 0.6) is 0 Å². The van der Waals surface area contributed by atoms with Gasteiger partial charge < -0.3 is 14.9 Å². The Labute approximate surface area is 159 Å². The largest absolute Gasteiger partial charge is 0.396 e. The summed E-state index contributed by atoms with van der Waals surface area (Å²) in [5.74, 6) is 0.936. The molecule has 0 radical (unpaired) electrons. The third-order valence-corrected chi connectivity index (χ3v) is 5.55. The Morgan fingerprint density at radius 1 is 1.25 bits per heavy atom. The molecule has 1 N–H and O–H groups in total. The number of aliphatic hydroxyl groups excluding tert-OH is 1. The number of carbonyl (C=O) groups is 1. The molecule has 134 valence electrons. The molecule has 0 atom stereocenters. The number of nitrogens with zero attached hydrogens (tertiary/aromatic N) is 2.